The van der Waals surface area contributed by atoms with Gasteiger partial charge in [-0.1, -0.05) is 0 Å². The maximum absolute atomic E-state index is 11.4. The molecule has 14 heavy (non-hydrogen) atoms. The Morgan fingerprint density at radius 3 is 1.36 bits per heavy atom. The van der Waals surface area contributed by atoms with Gasteiger partial charge in [-0.3, -0.25) is 0 Å². The number of hydrogen-bond donors (Lipinski definition) is 1. The van der Waals surface area contributed by atoms with Crippen molar-refractivity contribution < 1.29 is 35.8 Å². The third-order valence-electron chi connectivity index (χ3n) is 0.734. The van der Waals surface area contributed by atoms with Gasteiger partial charge in [-0.15, -0.1) is 0 Å². The zero-order valence-corrected chi connectivity index (χ0v) is 6.50. The Kier molecular flexibility index (Phi) is 4.02. The van der Waals surface area contributed by atoms with E-state index in [0.717, 1.165) is 0 Å². The fraction of sp³-hybridized carbons (Fsp3) is 0.800. The standard InChI is InChI=1S/C5H5F6NO2/c6-4(7,8)1-13-3(12)14-2-5(9,10)11/h12H,1-2H2. The van der Waals surface area contributed by atoms with Gasteiger partial charge < -0.3 is 9.47 Å². The molecule has 0 aromatic rings. The van der Waals surface area contributed by atoms with Crippen LogP contribution in [0.4, 0.5) is 26.3 Å². The first-order valence-corrected chi connectivity index (χ1v) is 3.08. The highest BCUT2D eigenvalue weighted by atomic mass is 19.4. The van der Waals surface area contributed by atoms with Gasteiger partial charge in [0.25, 0.3) is 0 Å². The monoisotopic (exact) mass is 225 g/mol. The van der Waals surface area contributed by atoms with E-state index < -0.39 is 31.7 Å². The minimum atomic E-state index is -4.71. The summed E-state index contributed by atoms with van der Waals surface area (Å²) in [6.07, 6.45) is -10.9. The molecular formula is C5H5F6NO2. The molecule has 0 aromatic heterocycles. The molecule has 0 saturated carbocycles. The number of halogens is 6. The number of hydrogen-bond acceptors (Lipinski definition) is 3. The lowest BCUT2D eigenvalue weighted by Gasteiger charge is -2.11. The number of nitrogens with one attached hydrogen (secondary N) is 1. The first-order chi connectivity index (χ1) is 6.10. The first kappa shape index (κ1) is 12.8. The number of rotatable bonds is 2. The van der Waals surface area contributed by atoms with Gasteiger partial charge in [-0.25, -0.2) is 5.41 Å². The van der Waals surface area contributed by atoms with E-state index in [9.17, 15) is 26.3 Å². The predicted octanol–water partition coefficient (Wildman–Crippen LogP) is 2.08. The van der Waals surface area contributed by atoms with Gasteiger partial charge in [0.1, 0.15) is 0 Å². The molecule has 0 fully saturated rings. The number of ether oxygens (including phenoxy) is 2. The van der Waals surface area contributed by atoms with E-state index in [1.807, 2.05) is 0 Å². The molecule has 0 radical (unpaired) electrons. The third-order valence-corrected chi connectivity index (χ3v) is 0.734. The topological polar surface area (TPSA) is 42.3 Å². The molecule has 0 aromatic carbocycles. The van der Waals surface area contributed by atoms with Gasteiger partial charge in [0.05, 0.1) is 0 Å². The van der Waals surface area contributed by atoms with E-state index in [0.29, 0.717) is 0 Å². The largest absolute Gasteiger partial charge is 0.441 e. The predicted molar refractivity (Wildman–Crippen MR) is 31.7 cm³/mol. The molecule has 9 heteroatoms. The van der Waals surface area contributed by atoms with Crippen LogP contribution in [0.1, 0.15) is 0 Å². The summed E-state index contributed by atoms with van der Waals surface area (Å²) in [5, 5.41) is 6.40. The maximum atomic E-state index is 11.4. The summed E-state index contributed by atoms with van der Waals surface area (Å²) in [4.78, 5) is 0. The van der Waals surface area contributed by atoms with Crippen LogP contribution in [0.2, 0.25) is 0 Å². The lowest BCUT2D eigenvalue weighted by atomic mass is 10.7. The quantitative estimate of drug-likeness (QED) is 0.444. The van der Waals surface area contributed by atoms with Crippen LogP contribution in [0, 0.1) is 5.41 Å². The van der Waals surface area contributed by atoms with Gasteiger partial charge in [0.15, 0.2) is 13.2 Å². The smallest absolute Gasteiger partial charge is 0.422 e. The highest BCUT2D eigenvalue weighted by Gasteiger charge is 2.31. The maximum Gasteiger partial charge on any atom is 0.422 e. The van der Waals surface area contributed by atoms with Crippen LogP contribution in [0.15, 0.2) is 0 Å². The van der Waals surface area contributed by atoms with Crippen molar-refractivity contribution in [3.63, 3.8) is 0 Å². The summed E-state index contributed by atoms with van der Waals surface area (Å²) < 4.78 is 75.4. The van der Waals surface area contributed by atoms with Crippen molar-refractivity contribution in [2.24, 2.45) is 0 Å². The lowest BCUT2D eigenvalue weighted by Crippen LogP contribution is -2.25. The van der Waals surface area contributed by atoms with Gasteiger partial charge in [-0.2, -0.15) is 26.3 Å². The van der Waals surface area contributed by atoms with Crippen LogP contribution in [-0.2, 0) is 9.47 Å². The SMILES string of the molecule is N=C(OCC(F)(F)F)OCC(F)(F)F. The van der Waals surface area contributed by atoms with Crippen LogP contribution in [0.5, 0.6) is 0 Å². The van der Waals surface area contributed by atoms with Crippen LogP contribution in [-0.4, -0.2) is 31.7 Å². The molecule has 0 heterocycles. The van der Waals surface area contributed by atoms with Crippen molar-refractivity contribution in [3.05, 3.63) is 0 Å². The normalized spacial score (nSPS) is 12.4. The van der Waals surface area contributed by atoms with Gasteiger partial charge in [0, 0.05) is 0 Å². The van der Waals surface area contributed by atoms with Crippen LogP contribution in [0.25, 0.3) is 0 Å². The van der Waals surface area contributed by atoms with Crippen LogP contribution < -0.4 is 0 Å². The molecule has 0 aliphatic rings. The van der Waals surface area contributed by atoms with E-state index in [1.165, 1.54) is 0 Å². The van der Waals surface area contributed by atoms with Crippen molar-refractivity contribution in [1.82, 2.24) is 0 Å². The molecule has 1 N–H and O–H groups in total. The summed E-state index contributed by atoms with van der Waals surface area (Å²) in [5.74, 6) is 0. The Bertz CT molecular complexity index is 177. The molecule has 3 nitrogen and oxygen atoms in total. The van der Waals surface area contributed by atoms with Crippen molar-refractivity contribution in [2.45, 2.75) is 12.4 Å². The highest BCUT2D eigenvalue weighted by Crippen LogP contribution is 2.16. The minimum Gasteiger partial charge on any atom is -0.441 e. The zero-order chi connectivity index (χ0) is 11.4. The molecule has 84 valence electrons. The third kappa shape index (κ3) is 8.94. The van der Waals surface area contributed by atoms with Gasteiger partial charge in [-0.05, 0) is 0 Å². The summed E-state index contributed by atoms with van der Waals surface area (Å²) in [6, 6.07) is 0. The lowest BCUT2D eigenvalue weighted by molar-refractivity contribution is -0.174. The second-order valence-electron chi connectivity index (χ2n) is 2.10. The zero-order valence-electron chi connectivity index (χ0n) is 6.50. The fourth-order valence-corrected chi connectivity index (χ4v) is 0.336. The Morgan fingerprint density at radius 1 is 0.857 bits per heavy atom. The molecule has 0 atom stereocenters. The summed E-state index contributed by atoms with van der Waals surface area (Å²) in [6.45, 7) is -3.71. The van der Waals surface area contributed by atoms with Crippen LogP contribution in [0.3, 0.4) is 0 Å². The molecule has 0 aliphatic heterocycles. The Hall–Kier alpha value is -1.15. The molecule has 0 unspecified atom stereocenters. The average Bonchev–Trinajstić information content (AvgIpc) is 1.94. The van der Waals surface area contributed by atoms with Crippen molar-refractivity contribution >= 4 is 6.08 Å². The Balaban J connectivity index is 3.68. The van der Waals surface area contributed by atoms with E-state index in [4.69, 9.17) is 5.41 Å². The Morgan fingerprint density at radius 2 is 1.14 bits per heavy atom. The molecular weight excluding hydrogens is 220 g/mol. The summed E-state index contributed by atoms with van der Waals surface area (Å²) >= 11 is 0. The van der Waals surface area contributed by atoms with Crippen molar-refractivity contribution in [2.75, 3.05) is 13.2 Å². The fourth-order valence-electron chi connectivity index (χ4n) is 0.336. The summed E-state index contributed by atoms with van der Waals surface area (Å²) in [7, 11) is 0. The second kappa shape index (κ2) is 4.38. The molecule has 0 saturated heterocycles. The van der Waals surface area contributed by atoms with Gasteiger partial charge in [0.2, 0.25) is 0 Å². The van der Waals surface area contributed by atoms with Crippen molar-refractivity contribution in [1.29, 1.82) is 5.41 Å². The van der Waals surface area contributed by atoms with E-state index in [2.05, 4.69) is 9.47 Å². The van der Waals surface area contributed by atoms with E-state index in [-0.39, 0.29) is 0 Å². The number of alkyl halides is 6. The summed E-state index contributed by atoms with van der Waals surface area (Å²) in [5.41, 5.74) is 0. The van der Waals surface area contributed by atoms with E-state index in [1.54, 1.807) is 0 Å². The van der Waals surface area contributed by atoms with Crippen LogP contribution >= 0.6 is 0 Å². The Labute approximate surface area is 74.1 Å². The second-order valence-corrected chi connectivity index (χ2v) is 2.10. The molecule has 0 spiro atoms. The molecule has 0 bridgehead atoms. The molecule has 0 rings (SSSR count). The average molecular weight is 225 g/mol. The molecule has 0 amide bonds. The molecule has 0 aliphatic carbocycles. The highest BCUT2D eigenvalue weighted by molar-refractivity contribution is 5.62. The van der Waals surface area contributed by atoms with Gasteiger partial charge >= 0.3 is 18.4 Å². The first-order valence-electron chi connectivity index (χ1n) is 3.08. The van der Waals surface area contributed by atoms with E-state index >= 15 is 0 Å². The van der Waals surface area contributed by atoms with Crippen molar-refractivity contribution in [3.8, 4) is 0 Å². The minimum absolute atomic E-state index is 1.51.